The molecule has 2 rings (SSSR count). The first-order valence-electron chi connectivity index (χ1n) is 5.82. The summed E-state index contributed by atoms with van der Waals surface area (Å²) in [5.41, 5.74) is 0. The molecular weight excluding hydrogens is 301 g/mol. The average Bonchev–Trinajstić information content (AvgIpc) is 2.85. The van der Waals surface area contributed by atoms with E-state index >= 15 is 0 Å². The zero-order valence-electron chi connectivity index (χ0n) is 9.98. The van der Waals surface area contributed by atoms with Crippen molar-refractivity contribution in [1.29, 1.82) is 0 Å². The van der Waals surface area contributed by atoms with Crippen LogP contribution in [0.15, 0.2) is 4.34 Å². The Hall–Kier alpha value is -0.380. The molecule has 19 heavy (non-hydrogen) atoms. The van der Waals surface area contributed by atoms with E-state index in [2.05, 4.69) is 10.2 Å². The quantitative estimate of drug-likeness (QED) is 0.617. The number of nitrogens with zero attached hydrogens (tertiary/aromatic N) is 2. The van der Waals surface area contributed by atoms with Gasteiger partial charge in [-0.05, 0) is 19.3 Å². The van der Waals surface area contributed by atoms with Gasteiger partial charge in [-0.15, -0.1) is 10.2 Å². The molecule has 0 bridgehead atoms. The number of aromatic nitrogens is 2. The molecule has 1 fully saturated rings. The van der Waals surface area contributed by atoms with E-state index in [0.29, 0.717) is 34.6 Å². The Morgan fingerprint density at radius 2 is 2.21 bits per heavy atom. The smallest absolute Gasteiger partial charge is 0.353 e. The molecule has 2 heterocycles. The zero-order valence-corrected chi connectivity index (χ0v) is 11.6. The maximum atomic E-state index is 12.3. The number of alkyl halides is 3. The van der Waals surface area contributed by atoms with Crippen molar-refractivity contribution < 1.29 is 22.6 Å². The van der Waals surface area contributed by atoms with Crippen LogP contribution in [0.3, 0.4) is 0 Å². The van der Waals surface area contributed by atoms with Crippen molar-refractivity contribution >= 4 is 23.1 Å². The lowest BCUT2D eigenvalue weighted by molar-refractivity contribution is -0.158. The van der Waals surface area contributed by atoms with Crippen LogP contribution in [0.25, 0.3) is 0 Å². The van der Waals surface area contributed by atoms with Crippen LogP contribution in [0.1, 0.15) is 24.3 Å². The van der Waals surface area contributed by atoms with E-state index in [9.17, 15) is 13.2 Å². The molecule has 1 aromatic rings. The largest absolute Gasteiger partial charge is 0.445 e. The van der Waals surface area contributed by atoms with E-state index in [1.54, 1.807) is 0 Å². The monoisotopic (exact) mass is 314 g/mol. The van der Waals surface area contributed by atoms with Crippen LogP contribution in [0, 0.1) is 0 Å². The molecule has 1 aromatic heterocycles. The molecule has 0 radical (unpaired) electrons. The van der Waals surface area contributed by atoms with Gasteiger partial charge in [0.15, 0.2) is 10.6 Å². The topological polar surface area (TPSA) is 44.2 Å². The number of thioether (sulfide) groups is 1. The summed E-state index contributed by atoms with van der Waals surface area (Å²) in [6.45, 7) is 1.14. The minimum atomic E-state index is -4.41. The first kappa shape index (κ1) is 15.0. The Kier molecular flexibility index (Phi) is 5.43. The summed E-state index contributed by atoms with van der Waals surface area (Å²) in [4.78, 5) is 0. The van der Waals surface area contributed by atoms with Gasteiger partial charge in [-0.2, -0.15) is 13.2 Å². The molecule has 1 saturated heterocycles. The number of rotatable bonds is 5. The predicted molar refractivity (Wildman–Crippen MR) is 65.2 cm³/mol. The number of halogens is 3. The Balaban J connectivity index is 1.66. The lowest BCUT2D eigenvalue weighted by atomic mass is 10.2. The molecule has 108 valence electrons. The van der Waals surface area contributed by atoms with Crippen LogP contribution >= 0.6 is 23.1 Å². The summed E-state index contributed by atoms with van der Waals surface area (Å²) in [6.07, 6.45) is -1.57. The highest BCUT2D eigenvalue weighted by Crippen LogP contribution is 2.34. The molecule has 0 spiro atoms. The van der Waals surface area contributed by atoms with Crippen LogP contribution in [0.4, 0.5) is 13.2 Å². The highest BCUT2D eigenvalue weighted by Gasteiger charge is 2.35. The van der Waals surface area contributed by atoms with E-state index < -0.39 is 11.2 Å². The van der Waals surface area contributed by atoms with Crippen LogP contribution < -0.4 is 0 Å². The van der Waals surface area contributed by atoms with E-state index in [1.807, 2.05) is 0 Å². The summed E-state index contributed by atoms with van der Waals surface area (Å²) in [5.74, 6) is 0.534. The van der Waals surface area contributed by atoms with Gasteiger partial charge < -0.3 is 9.47 Å². The second-order valence-corrected chi connectivity index (χ2v) is 6.21. The normalized spacial score (nSPS) is 20.7. The molecule has 4 nitrogen and oxygen atoms in total. The molecule has 0 saturated carbocycles. The van der Waals surface area contributed by atoms with Crippen molar-refractivity contribution in [3.63, 3.8) is 0 Å². The van der Waals surface area contributed by atoms with E-state index in [4.69, 9.17) is 9.47 Å². The number of hydrogen-bond acceptors (Lipinski definition) is 6. The Morgan fingerprint density at radius 3 is 2.84 bits per heavy atom. The molecule has 0 amide bonds. The summed E-state index contributed by atoms with van der Waals surface area (Å²) < 4.78 is 48.0. The highest BCUT2D eigenvalue weighted by atomic mass is 32.2. The molecule has 0 unspecified atom stereocenters. The van der Waals surface area contributed by atoms with E-state index in [-0.39, 0.29) is 6.29 Å². The van der Waals surface area contributed by atoms with E-state index in [1.165, 1.54) is 11.8 Å². The lowest BCUT2D eigenvalue weighted by Crippen LogP contribution is -2.23. The van der Waals surface area contributed by atoms with Gasteiger partial charge in [-0.25, -0.2) is 0 Å². The van der Waals surface area contributed by atoms with Gasteiger partial charge in [-0.1, -0.05) is 23.1 Å². The van der Waals surface area contributed by atoms with Gasteiger partial charge in [0, 0.05) is 12.4 Å². The van der Waals surface area contributed by atoms with Gasteiger partial charge in [0.2, 0.25) is 5.01 Å². The minimum Gasteiger partial charge on any atom is -0.353 e. The van der Waals surface area contributed by atoms with Crippen molar-refractivity contribution in [2.75, 3.05) is 19.0 Å². The molecule has 1 aliphatic heterocycles. The highest BCUT2D eigenvalue weighted by molar-refractivity contribution is 8.01. The first-order valence-corrected chi connectivity index (χ1v) is 7.62. The SMILES string of the molecule is FC(F)(F)c1nnc(SCCO[C@H]2CCCCO2)s1. The standard InChI is InChI=1S/C10H13F3N2O2S2/c11-10(12,13)8-14-15-9(19-8)18-6-5-17-7-3-1-2-4-16-7/h7H,1-6H2/t7-/m0/s1. The Morgan fingerprint density at radius 1 is 1.37 bits per heavy atom. The summed E-state index contributed by atoms with van der Waals surface area (Å²) in [5, 5.41) is 5.69. The summed E-state index contributed by atoms with van der Waals surface area (Å²) in [6, 6.07) is 0. The van der Waals surface area contributed by atoms with Gasteiger partial charge in [0.05, 0.1) is 6.61 Å². The van der Waals surface area contributed by atoms with Crippen LogP contribution in [0.2, 0.25) is 0 Å². The third-order valence-corrected chi connectivity index (χ3v) is 4.47. The van der Waals surface area contributed by atoms with Gasteiger partial charge in [-0.3, -0.25) is 0 Å². The molecule has 9 heteroatoms. The molecule has 0 aromatic carbocycles. The third-order valence-electron chi connectivity index (χ3n) is 2.40. The molecule has 1 atom stereocenters. The van der Waals surface area contributed by atoms with Crippen LogP contribution in [-0.4, -0.2) is 35.5 Å². The second kappa shape index (κ2) is 6.87. The molecule has 1 aliphatic rings. The van der Waals surface area contributed by atoms with Gasteiger partial charge in [0.25, 0.3) is 0 Å². The van der Waals surface area contributed by atoms with E-state index in [0.717, 1.165) is 19.3 Å². The van der Waals surface area contributed by atoms with Gasteiger partial charge in [0.1, 0.15) is 0 Å². The summed E-state index contributed by atoms with van der Waals surface area (Å²) >= 11 is 1.77. The second-order valence-electron chi connectivity index (χ2n) is 3.89. The maximum absolute atomic E-state index is 12.3. The lowest BCUT2D eigenvalue weighted by Gasteiger charge is -2.22. The van der Waals surface area contributed by atoms with Crippen molar-refractivity contribution in [3.05, 3.63) is 5.01 Å². The Bertz CT molecular complexity index is 394. The van der Waals surface area contributed by atoms with Crippen molar-refractivity contribution in [1.82, 2.24) is 10.2 Å². The van der Waals surface area contributed by atoms with Gasteiger partial charge >= 0.3 is 6.18 Å². The predicted octanol–water partition coefficient (Wildman–Crippen LogP) is 3.19. The zero-order chi connectivity index (χ0) is 13.7. The maximum Gasteiger partial charge on any atom is 0.445 e. The Labute approximate surface area is 116 Å². The molecule has 0 aliphatic carbocycles. The average molecular weight is 314 g/mol. The van der Waals surface area contributed by atoms with Crippen LogP contribution in [-0.2, 0) is 15.7 Å². The molecule has 0 N–H and O–H groups in total. The number of ether oxygens (including phenoxy) is 2. The number of hydrogen-bond donors (Lipinski definition) is 0. The van der Waals surface area contributed by atoms with Crippen molar-refractivity contribution in [2.24, 2.45) is 0 Å². The van der Waals surface area contributed by atoms with Crippen molar-refractivity contribution in [2.45, 2.75) is 36.1 Å². The van der Waals surface area contributed by atoms with Crippen LogP contribution in [0.5, 0.6) is 0 Å². The first-order chi connectivity index (χ1) is 9.05. The fourth-order valence-corrected chi connectivity index (χ4v) is 3.15. The fraction of sp³-hybridized carbons (Fsp3) is 0.800. The molecular formula is C10H13F3N2O2S2. The third kappa shape index (κ3) is 4.90. The summed E-state index contributed by atoms with van der Waals surface area (Å²) in [7, 11) is 0. The minimum absolute atomic E-state index is 0.172. The van der Waals surface area contributed by atoms with Crippen molar-refractivity contribution in [3.8, 4) is 0 Å². The fourth-order valence-electron chi connectivity index (χ4n) is 1.53.